The third-order valence-corrected chi connectivity index (χ3v) is 2.75. The molecule has 1 heterocycles. The first-order valence-electron chi connectivity index (χ1n) is 5.45. The number of halogens is 3. The molecule has 0 aliphatic heterocycles. The van der Waals surface area contributed by atoms with Gasteiger partial charge in [-0.3, -0.25) is 0 Å². The second-order valence-corrected chi connectivity index (χ2v) is 3.96. The molecule has 1 N–H and O–H groups in total. The highest BCUT2D eigenvalue weighted by Crippen LogP contribution is 2.29. The van der Waals surface area contributed by atoms with Crippen molar-refractivity contribution in [3.8, 4) is 11.3 Å². The van der Waals surface area contributed by atoms with Gasteiger partial charge < -0.3 is 9.73 Å². The lowest BCUT2D eigenvalue weighted by Gasteiger charge is -2.06. The molecule has 0 spiro atoms. The van der Waals surface area contributed by atoms with Gasteiger partial charge in [0.15, 0.2) is 11.6 Å². The van der Waals surface area contributed by atoms with E-state index in [-0.39, 0.29) is 17.4 Å². The summed E-state index contributed by atoms with van der Waals surface area (Å²) in [6.45, 7) is 1.85. The molecule has 0 radical (unpaired) electrons. The fourth-order valence-corrected chi connectivity index (χ4v) is 1.61. The first-order valence-corrected chi connectivity index (χ1v) is 5.45. The summed E-state index contributed by atoms with van der Waals surface area (Å²) in [6, 6.07) is 4.46. The average Bonchev–Trinajstić information content (AvgIpc) is 2.82. The molecule has 0 aliphatic rings. The highest BCUT2D eigenvalue weighted by molar-refractivity contribution is 5.58. The fraction of sp³-hybridized carbons (Fsp3) is 0.231. The van der Waals surface area contributed by atoms with Gasteiger partial charge in [-0.05, 0) is 32.2 Å². The van der Waals surface area contributed by atoms with Crippen LogP contribution in [0.4, 0.5) is 13.2 Å². The first-order chi connectivity index (χ1) is 8.52. The summed E-state index contributed by atoms with van der Waals surface area (Å²) in [5.41, 5.74) is -0.220. The van der Waals surface area contributed by atoms with Crippen LogP contribution in [0.2, 0.25) is 0 Å². The maximum absolute atomic E-state index is 13.5. The van der Waals surface area contributed by atoms with E-state index in [1.807, 2.05) is 6.92 Å². The maximum atomic E-state index is 13.5. The van der Waals surface area contributed by atoms with Gasteiger partial charge in [0.25, 0.3) is 0 Å². The van der Waals surface area contributed by atoms with Gasteiger partial charge in [0.1, 0.15) is 17.3 Å². The predicted molar refractivity (Wildman–Crippen MR) is 61.5 cm³/mol. The maximum Gasteiger partial charge on any atom is 0.169 e. The number of rotatable bonds is 3. The highest BCUT2D eigenvalue weighted by Gasteiger charge is 2.17. The number of hydrogen-bond donors (Lipinski definition) is 1. The van der Waals surface area contributed by atoms with Crippen molar-refractivity contribution in [3.63, 3.8) is 0 Å². The lowest BCUT2D eigenvalue weighted by molar-refractivity contribution is 0.451. The second kappa shape index (κ2) is 4.86. The topological polar surface area (TPSA) is 25.2 Å². The minimum atomic E-state index is -1.23. The van der Waals surface area contributed by atoms with Crippen molar-refractivity contribution in [1.82, 2.24) is 5.32 Å². The summed E-state index contributed by atoms with van der Waals surface area (Å²) in [6.07, 6.45) is 0. The third-order valence-electron chi connectivity index (χ3n) is 2.75. The van der Waals surface area contributed by atoms with Crippen LogP contribution in [-0.4, -0.2) is 7.05 Å². The Kier molecular flexibility index (Phi) is 3.43. The van der Waals surface area contributed by atoms with Gasteiger partial charge in [-0.2, -0.15) is 0 Å². The summed E-state index contributed by atoms with van der Waals surface area (Å²) in [5, 5.41) is 2.95. The molecule has 2 aromatic rings. The van der Waals surface area contributed by atoms with Crippen LogP contribution in [0.1, 0.15) is 18.7 Å². The van der Waals surface area contributed by atoms with Crippen LogP contribution in [0, 0.1) is 17.5 Å². The quantitative estimate of drug-likeness (QED) is 0.847. The van der Waals surface area contributed by atoms with E-state index in [1.165, 1.54) is 6.07 Å². The monoisotopic (exact) mass is 255 g/mol. The van der Waals surface area contributed by atoms with Gasteiger partial charge in [0, 0.05) is 6.07 Å². The average molecular weight is 255 g/mol. The molecule has 1 atom stereocenters. The Morgan fingerprint density at radius 3 is 2.56 bits per heavy atom. The third kappa shape index (κ3) is 2.26. The molecule has 18 heavy (non-hydrogen) atoms. The fourth-order valence-electron chi connectivity index (χ4n) is 1.61. The SMILES string of the molecule is CNC(C)c1ccc(-c2cc(F)cc(F)c2F)o1. The van der Waals surface area contributed by atoms with Gasteiger partial charge in [0.05, 0.1) is 11.6 Å². The summed E-state index contributed by atoms with van der Waals surface area (Å²) < 4.78 is 45.1. The van der Waals surface area contributed by atoms with Gasteiger partial charge in [-0.1, -0.05) is 0 Å². The molecule has 0 fully saturated rings. The summed E-state index contributed by atoms with van der Waals surface area (Å²) in [4.78, 5) is 0. The second-order valence-electron chi connectivity index (χ2n) is 3.96. The van der Waals surface area contributed by atoms with Crippen LogP contribution in [0.25, 0.3) is 11.3 Å². The Balaban J connectivity index is 2.46. The van der Waals surface area contributed by atoms with Crippen LogP contribution in [0.5, 0.6) is 0 Å². The molecule has 0 amide bonds. The van der Waals surface area contributed by atoms with Crippen molar-refractivity contribution < 1.29 is 17.6 Å². The van der Waals surface area contributed by atoms with E-state index < -0.39 is 17.5 Å². The predicted octanol–water partition coefficient (Wildman–Crippen LogP) is 3.64. The van der Waals surface area contributed by atoms with E-state index in [0.29, 0.717) is 11.8 Å². The molecule has 96 valence electrons. The normalized spacial score (nSPS) is 12.7. The molecule has 0 bridgehead atoms. The Labute approximate surface area is 102 Å². The number of furan rings is 1. The molecule has 2 nitrogen and oxygen atoms in total. The van der Waals surface area contributed by atoms with E-state index in [2.05, 4.69) is 5.32 Å². The van der Waals surface area contributed by atoms with Gasteiger partial charge in [-0.15, -0.1) is 0 Å². The van der Waals surface area contributed by atoms with E-state index in [1.54, 1.807) is 13.1 Å². The number of nitrogens with one attached hydrogen (secondary N) is 1. The number of hydrogen-bond acceptors (Lipinski definition) is 2. The molecular weight excluding hydrogens is 243 g/mol. The standard InChI is InChI=1S/C13H12F3NO/c1-7(17-2)11-3-4-12(18-11)9-5-8(14)6-10(15)13(9)16/h3-7,17H,1-2H3. The van der Waals surface area contributed by atoms with Gasteiger partial charge in [-0.25, -0.2) is 13.2 Å². The largest absolute Gasteiger partial charge is 0.459 e. The Morgan fingerprint density at radius 1 is 1.17 bits per heavy atom. The summed E-state index contributed by atoms with van der Waals surface area (Å²) in [7, 11) is 1.75. The zero-order valence-corrected chi connectivity index (χ0v) is 9.93. The van der Waals surface area contributed by atoms with Crippen molar-refractivity contribution >= 4 is 0 Å². The first kappa shape index (κ1) is 12.7. The smallest absolute Gasteiger partial charge is 0.169 e. The van der Waals surface area contributed by atoms with Crippen LogP contribution in [-0.2, 0) is 0 Å². The Bertz CT molecular complexity index is 565. The van der Waals surface area contributed by atoms with E-state index in [0.717, 1.165) is 6.07 Å². The van der Waals surface area contributed by atoms with Crippen molar-refractivity contribution in [2.24, 2.45) is 0 Å². The molecule has 0 saturated heterocycles. The summed E-state index contributed by atoms with van der Waals surface area (Å²) in [5.74, 6) is -2.53. The van der Waals surface area contributed by atoms with Crippen molar-refractivity contribution in [2.75, 3.05) is 7.05 Å². The van der Waals surface area contributed by atoms with Crippen LogP contribution >= 0.6 is 0 Å². The van der Waals surface area contributed by atoms with Crippen molar-refractivity contribution in [3.05, 3.63) is 47.5 Å². The van der Waals surface area contributed by atoms with Crippen molar-refractivity contribution in [1.29, 1.82) is 0 Å². The van der Waals surface area contributed by atoms with Gasteiger partial charge in [0.2, 0.25) is 0 Å². The summed E-state index contributed by atoms with van der Waals surface area (Å²) >= 11 is 0. The van der Waals surface area contributed by atoms with Gasteiger partial charge >= 0.3 is 0 Å². The molecule has 1 aromatic heterocycles. The molecule has 2 rings (SSSR count). The number of benzene rings is 1. The minimum absolute atomic E-state index is 0.0692. The lowest BCUT2D eigenvalue weighted by atomic mass is 10.1. The Hall–Kier alpha value is -1.75. The molecule has 0 saturated carbocycles. The van der Waals surface area contributed by atoms with Crippen LogP contribution in [0.15, 0.2) is 28.7 Å². The highest BCUT2D eigenvalue weighted by atomic mass is 19.2. The minimum Gasteiger partial charge on any atom is -0.459 e. The zero-order chi connectivity index (χ0) is 13.3. The molecule has 0 aliphatic carbocycles. The lowest BCUT2D eigenvalue weighted by Crippen LogP contribution is -2.11. The Morgan fingerprint density at radius 2 is 1.89 bits per heavy atom. The van der Waals surface area contributed by atoms with E-state index >= 15 is 0 Å². The van der Waals surface area contributed by atoms with Crippen molar-refractivity contribution in [2.45, 2.75) is 13.0 Å². The molecule has 1 aromatic carbocycles. The molecule has 5 heteroatoms. The zero-order valence-electron chi connectivity index (χ0n) is 9.93. The molecule has 1 unspecified atom stereocenters. The van der Waals surface area contributed by atoms with E-state index in [4.69, 9.17) is 4.42 Å². The van der Waals surface area contributed by atoms with Crippen LogP contribution in [0.3, 0.4) is 0 Å². The van der Waals surface area contributed by atoms with Crippen LogP contribution < -0.4 is 5.32 Å². The van der Waals surface area contributed by atoms with E-state index in [9.17, 15) is 13.2 Å². The molecular formula is C13H12F3NO.